The predicted molar refractivity (Wildman–Crippen MR) is 331 cm³/mol. The molecule has 0 atom stereocenters. The van der Waals surface area contributed by atoms with Crippen molar-refractivity contribution in [2.24, 2.45) is 0 Å². The van der Waals surface area contributed by atoms with E-state index in [9.17, 15) is 0 Å². The molecule has 4 heteroatoms. The number of fused-ring (bicyclic) bond motifs is 19. The number of anilines is 6. The van der Waals surface area contributed by atoms with Crippen LogP contribution in [0.1, 0.15) is 22.3 Å². The van der Waals surface area contributed by atoms with E-state index in [4.69, 9.17) is 0 Å². The number of benzene rings is 12. The van der Waals surface area contributed by atoms with Gasteiger partial charge in [-0.1, -0.05) is 196 Å². The molecule has 2 aliphatic heterocycles. The van der Waals surface area contributed by atoms with E-state index < -0.39 is 21.6 Å². The Kier molecular flexibility index (Phi) is 9.31. The molecule has 2 aliphatic carbocycles. The zero-order valence-electron chi connectivity index (χ0n) is 43.6. The van der Waals surface area contributed by atoms with E-state index in [0.717, 1.165) is 22.7 Å². The van der Waals surface area contributed by atoms with Crippen LogP contribution in [0.3, 0.4) is 0 Å². The highest BCUT2D eigenvalue weighted by atomic mass is 28.3. The molecule has 0 amide bonds. The summed E-state index contributed by atoms with van der Waals surface area (Å²) in [4.78, 5) is 4.92. The second-order valence-corrected chi connectivity index (χ2v) is 31.5. The molecule has 12 aromatic carbocycles. The molecule has 0 fully saturated rings. The van der Waals surface area contributed by atoms with Crippen molar-refractivity contribution >= 4 is 92.6 Å². The van der Waals surface area contributed by atoms with Crippen molar-refractivity contribution in [3.63, 3.8) is 0 Å². The molecule has 16 rings (SSSR count). The largest absolute Gasteiger partial charge is 0.310 e. The van der Waals surface area contributed by atoms with Crippen LogP contribution in [0.4, 0.5) is 34.1 Å². The number of hydrogen-bond donors (Lipinski definition) is 0. The van der Waals surface area contributed by atoms with Crippen LogP contribution in [0.2, 0.25) is 26.2 Å². The van der Waals surface area contributed by atoms with Crippen LogP contribution in [0.15, 0.2) is 255 Å². The molecule has 0 saturated heterocycles. The van der Waals surface area contributed by atoms with E-state index >= 15 is 0 Å². The molecule has 0 N–H and O–H groups in total. The fraction of sp³-hybridized carbons (Fsp3) is 0.0685. The first kappa shape index (κ1) is 44.5. The van der Waals surface area contributed by atoms with Gasteiger partial charge < -0.3 is 9.80 Å². The van der Waals surface area contributed by atoms with Gasteiger partial charge in [-0.15, -0.1) is 0 Å². The molecule has 2 heterocycles. The maximum atomic E-state index is 2.55. The quantitative estimate of drug-likeness (QED) is 0.153. The molecule has 364 valence electrons. The standard InChI is InChI=1S/C73H54N2Si2/c1-76(2)68-29-17-13-25-59(68)63-45-54(35-39-70(63)76)74(50-19-7-5-8-20-50)52-33-31-47-43-62-61-37-32-48-41-53(75(51-21-9-6-10-22-51)55-36-40-71-64(46-55)60-26-14-18-30-69(60)77(71,3)4)34-38-56(48)72(61)73(67(62)44-49(47)42-52)65-27-15-11-23-57(65)58-24-12-16-28-66(58)73/h5-46H,1-4H3. The third kappa shape index (κ3) is 6.11. The Morgan fingerprint density at radius 2 is 0.688 bits per heavy atom. The van der Waals surface area contributed by atoms with Gasteiger partial charge in [-0.25, -0.2) is 0 Å². The summed E-state index contributed by atoms with van der Waals surface area (Å²) in [7, 11) is -3.65. The van der Waals surface area contributed by atoms with Crippen LogP contribution in [0.5, 0.6) is 0 Å². The summed E-state index contributed by atoms with van der Waals surface area (Å²) >= 11 is 0. The summed E-state index contributed by atoms with van der Waals surface area (Å²) in [5, 5.41) is 11.0. The van der Waals surface area contributed by atoms with Crippen molar-refractivity contribution < 1.29 is 0 Å². The third-order valence-corrected chi connectivity index (χ3v) is 25.3. The van der Waals surface area contributed by atoms with Gasteiger partial charge in [0.1, 0.15) is 16.1 Å². The van der Waals surface area contributed by atoms with E-state index in [1.54, 1.807) is 0 Å². The van der Waals surface area contributed by atoms with E-state index in [1.165, 1.54) is 120 Å². The molecule has 0 radical (unpaired) electrons. The van der Waals surface area contributed by atoms with Gasteiger partial charge in [0, 0.05) is 34.1 Å². The normalized spacial score (nSPS) is 14.8. The number of rotatable bonds is 6. The Morgan fingerprint density at radius 1 is 0.260 bits per heavy atom. The van der Waals surface area contributed by atoms with Crippen LogP contribution < -0.4 is 30.5 Å². The first-order valence-electron chi connectivity index (χ1n) is 27.2. The van der Waals surface area contributed by atoms with Crippen molar-refractivity contribution in [3.8, 4) is 44.5 Å². The van der Waals surface area contributed by atoms with Gasteiger partial charge in [-0.2, -0.15) is 0 Å². The SMILES string of the molecule is C[Si]1(C)c2ccccc2-c2cc(N(c3ccccc3)c3ccc4cc5c(cc4c3)C3(c4ccccc4-c4ccccc43)c3c-5ccc4cc(N(c5ccccc5)c5ccc6c(c5)-c5ccccc5[Si]6(C)C)ccc34)ccc21. The Balaban J connectivity index is 0.890. The van der Waals surface area contributed by atoms with Gasteiger partial charge >= 0.3 is 0 Å². The summed E-state index contributed by atoms with van der Waals surface area (Å²) in [6.07, 6.45) is 0. The Hall–Kier alpha value is -8.81. The second-order valence-electron chi connectivity index (χ2n) is 22.8. The van der Waals surface area contributed by atoms with Crippen molar-refractivity contribution in [1.82, 2.24) is 0 Å². The minimum atomic E-state index is -1.83. The van der Waals surface area contributed by atoms with E-state index in [0.29, 0.717) is 0 Å². The van der Waals surface area contributed by atoms with Crippen LogP contribution in [-0.4, -0.2) is 16.1 Å². The van der Waals surface area contributed by atoms with Gasteiger partial charge in [0.2, 0.25) is 0 Å². The Bertz CT molecular complexity index is 4430. The minimum absolute atomic E-state index is 0.546. The minimum Gasteiger partial charge on any atom is -0.310 e. The average molecular weight is 1020 g/mol. The lowest BCUT2D eigenvalue weighted by Gasteiger charge is -2.32. The summed E-state index contributed by atoms with van der Waals surface area (Å²) in [5.74, 6) is 0. The fourth-order valence-corrected chi connectivity index (χ4v) is 20.9. The molecule has 0 saturated carbocycles. The molecule has 0 aromatic heterocycles. The monoisotopic (exact) mass is 1010 g/mol. The zero-order valence-corrected chi connectivity index (χ0v) is 45.6. The summed E-state index contributed by atoms with van der Waals surface area (Å²) < 4.78 is 0. The molecule has 0 bridgehead atoms. The Morgan fingerprint density at radius 3 is 1.25 bits per heavy atom. The molecule has 12 aromatic rings. The Labute approximate surface area is 452 Å². The smallest absolute Gasteiger partial charge is 0.113 e. The molecule has 2 nitrogen and oxygen atoms in total. The summed E-state index contributed by atoms with van der Waals surface area (Å²) in [6, 6.07) is 97.2. The van der Waals surface area contributed by atoms with Crippen LogP contribution in [-0.2, 0) is 5.41 Å². The molecular weight excluding hydrogens is 961 g/mol. The third-order valence-electron chi connectivity index (χ3n) is 18.2. The van der Waals surface area contributed by atoms with E-state index in [2.05, 4.69) is 291 Å². The van der Waals surface area contributed by atoms with Gasteiger partial charge in [-0.05, 0) is 194 Å². The molecule has 4 aliphatic rings. The van der Waals surface area contributed by atoms with Gasteiger partial charge in [0.15, 0.2) is 0 Å². The zero-order chi connectivity index (χ0) is 51.4. The van der Waals surface area contributed by atoms with Crippen LogP contribution >= 0.6 is 0 Å². The molecular formula is C73H54N2Si2. The predicted octanol–water partition coefficient (Wildman–Crippen LogP) is 16.9. The van der Waals surface area contributed by atoms with Crippen molar-refractivity contribution in [3.05, 3.63) is 277 Å². The van der Waals surface area contributed by atoms with Gasteiger partial charge in [0.05, 0.1) is 5.41 Å². The lowest BCUT2D eigenvalue weighted by molar-refractivity contribution is 0.802. The molecule has 77 heavy (non-hydrogen) atoms. The summed E-state index contributed by atoms with van der Waals surface area (Å²) in [6.45, 7) is 9.99. The maximum absolute atomic E-state index is 2.55. The van der Waals surface area contributed by atoms with Crippen molar-refractivity contribution in [2.45, 2.75) is 31.6 Å². The first-order chi connectivity index (χ1) is 37.7. The summed E-state index contributed by atoms with van der Waals surface area (Å²) in [5.41, 5.74) is 22.5. The molecule has 1 spiro atoms. The average Bonchev–Trinajstić information content (AvgIpc) is 4.31. The van der Waals surface area contributed by atoms with Crippen LogP contribution in [0, 0.1) is 0 Å². The highest BCUT2D eigenvalue weighted by molar-refractivity contribution is 7.04. The number of hydrogen-bond acceptors (Lipinski definition) is 2. The second kappa shape index (κ2) is 16.1. The first-order valence-corrected chi connectivity index (χ1v) is 33.2. The van der Waals surface area contributed by atoms with Crippen molar-refractivity contribution in [1.29, 1.82) is 0 Å². The number of para-hydroxylation sites is 2. The highest BCUT2D eigenvalue weighted by Gasteiger charge is 2.52. The lowest BCUT2D eigenvalue weighted by Crippen LogP contribution is -2.49. The van der Waals surface area contributed by atoms with Gasteiger partial charge in [0.25, 0.3) is 0 Å². The van der Waals surface area contributed by atoms with Gasteiger partial charge in [-0.3, -0.25) is 0 Å². The lowest BCUT2D eigenvalue weighted by atomic mass is 9.69. The molecule has 0 unspecified atom stereocenters. The van der Waals surface area contributed by atoms with E-state index in [-0.39, 0.29) is 0 Å². The fourth-order valence-electron chi connectivity index (χ4n) is 14.7. The van der Waals surface area contributed by atoms with Crippen molar-refractivity contribution in [2.75, 3.05) is 9.80 Å². The number of nitrogens with zero attached hydrogens (tertiary/aromatic N) is 2. The topological polar surface area (TPSA) is 6.48 Å². The van der Waals surface area contributed by atoms with Crippen LogP contribution in [0.25, 0.3) is 66.1 Å². The van der Waals surface area contributed by atoms with E-state index in [1.807, 2.05) is 0 Å². The highest BCUT2D eigenvalue weighted by Crippen LogP contribution is 2.65. The maximum Gasteiger partial charge on any atom is 0.113 e.